The van der Waals surface area contributed by atoms with Gasteiger partial charge in [0.1, 0.15) is 5.75 Å². The van der Waals surface area contributed by atoms with Gasteiger partial charge >= 0.3 is 0 Å². The highest BCUT2D eigenvalue weighted by molar-refractivity contribution is 9.10. The van der Waals surface area contributed by atoms with Crippen molar-refractivity contribution < 1.29 is 9.84 Å². The van der Waals surface area contributed by atoms with E-state index < -0.39 is 6.10 Å². The first-order chi connectivity index (χ1) is 10.2. The number of hydrogen-bond acceptors (Lipinski definition) is 2. The lowest BCUT2D eigenvalue weighted by molar-refractivity contribution is 0.177. The average molecular weight is 347 g/mol. The van der Waals surface area contributed by atoms with Crippen LogP contribution in [0.15, 0.2) is 46.9 Å². The summed E-state index contributed by atoms with van der Waals surface area (Å²) in [5.41, 5.74) is 3.49. The first kappa shape index (κ1) is 14.6. The number of aliphatic hydroxyl groups is 1. The van der Waals surface area contributed by atoms with Gasteiger partial charge in [0.05, 0.1) is 17.7 Å². The van der Waals surface area contributed by atoms with Crippen LogP contribution in [0.1, 0.15) is 41.6 Å². The largest absolute Gasteiger partial charge is 0.496 e. The number of rotatable bonds is 5. The molecule has 2 aromatic carbocycles. The Hall–Kier alpha value is -1.32. The molecule has 0 radical (unpaired) electrons. The molecule has 0 saturated heterocycles. The van der Waals surface area contributed by atoms with Crippen molar-refractivity contribution in [3.05, 3.63) is 63.6 Å². The van der Waals surface area contributed by atoms with Gasteiger partial charge in [0.15, 0.2) is 0 Å². The van der Waals surface area contributed by atoms with E-state index in [4.69, 9.17) is 4.74 Å². The van der Waals surface area contributed by atoms with Gasteiger partial charge in [-0.3, -0.25) is 0 Å². The van der Waals surface area contributed by atoms with Gasteiger partial charge < -0.3 is 9.84 Å². The van der Waals surface area contributed by atoms with Crippen LogP contribution in [0.4, 0.5) is 0 Å². The second-order valence-corrected chi connectivity index (χ2v) is 6.45. The Balaban J connectivity index is 1.80. The van der Waals surface area contributed by atoms with E-state index in [1.165, 1.54) is 18.4 Å². The predicted molar refractivity (Wildman–Crippen MR) is 87.8 cm³/mol. The summed E-state index contributed by atoms with van der Waals surface area (Å²) in [6.07, 6.45) is 2.66. The molecule has 110 valence electrons. The molecule has 0 bridgehead atoms. The molecule has 1 N–H and O–H groups in total. The van der Waals surface area contributed by atoms with Crippen LogP contribution in [0.5, 0.6) is 5.75 Å². The maximum absolute atomic E-state index is 10.6. The zero-order chi connectivity index (χ0) is 14.8. The Bertz CT molecular complexity index is 635. The van der Waals surface area contributed by atoms with Crippen molar-refractivity contribution in [3.8, 4) is 5.75 Å². The lowest BCUT2D eigenvalue weighted by Crippen LogP contribution is -2.05. The van der Waals surface area contributed by atoms with Crippen LogP contribution < -0.4 is 4.74 Å². The third-order valence-electron chi connectivity index (χ3n) is 4.02. The standard InChI is InChI=1S/C18H19BrO2/c1-21-18-9-6-12(10-16(18)19)11-17(20)15-5-3-2-4-14(15)13-7-8-13/h2-6,9-10,13,17,20H,7-8,11H2,1H3. The molecule has 0 spiro atoms. The van der Waals surface area contributed by atoms with Gasteiger partial charge in [-0.25, -0.2) is 0 Å². The molecule has 1 saturated carbocycles. The monoisotopic (exact) mass is 346 g/mol. The fourth-order valence-electron chi connectivity index (χ4n) is 2.75. The molecule has 1 aliphatic rings. The highest BCUT2D eigenvalue weighted by atomic mass is 79.9. The molecular weight excluding hydrogens is 328 g/mol. The van der Waals surface area contributed by atoms with Gasteiger partial charge in [-0.05, 0) is 63.5 Å². The second kappa shape index (κ2) is 6.20. The molecule has 0 aliphatic heterocycles. The van der Waals surface area contributed by atoms with Crippen LogP contribution in [0.25, 0.3) is 0 Å². The van der Waals surface area contributed by atoms with E-state index in [2.05, 4.69) is 34.1 Å². The molecule has 3 rings (SSSR count). The van der Waals surface area contributed by atoms with Crippen LogP contribution in [-0.4, -0.2) is 12.2 Å². The van der Waals surface area contributed by atoms with Crippen LogP contribution in [0, 0.1) is 0 Å². The number of benzene rings is 2. The van der Waals surface area contributed by atoms with Crippen LogP contribution in [0.2, 0.25) is 0 Å². The highest BCUT2D eigenvalue weighted by Gasteiger charge is 2.27. The van der Waals surface area contributed by atoms with Gasteiger partial charge in [0, 0.05) is 6.42 Å². The summed E-state index contributed by atoms with van der Waals surface area (Å²) >= 11 is 3.49. The zero-order valence-electron chi connectivity index (χ0n) is 12.1. The van der Waals surface area contributed by atoms with E-state index in [-0.39, 0.29) is 0 Å². The Morgan fingerprint density at radius 3 is 2.67 bits per heavy atom. The Kier molecular flexibility index (Phi) is 4.32. The maximum Gasteiger partial charge on any atom is 0.133 e. The van der Waals surface area contributed by atoms with E-state index in [9.17, 15) is 5.11 Å². The van der Waals surface area contributed by atoms with Crippen molar-refractivity contribution in [2.24, 2.45) is 0 Å². The summed E-state index contributed by atoms with van der Waals surface area (Å²) < 4.78 is 6.16. The van der Waals surface area contributed by atoms with Crippen molar-refractivity contribution in [1.82, 2.24) is 0 Å². The van der Waals surface area contributed by atoms with Crippen LogP contribution in [-0.2, 0) is 6.42 Å². The highest BCUT2D eigenvalue weighted by Crippen LogP contribution is 2.43. The minimum Gasteiger partial charge on any atom is -0.496 e. The first-order valence-electron chi connectivity index (χ1n) is 7.28. The Morgan fingerprint density at radius 2 is 2.00 bits per heavy atom. The molecule has 0 heterocycles. The van der Waals surface area contributed by atoms with Crippen LogP contribution in [0.3, 0.4) is 0 Å². The minimum absolute atomic E-state index is 0.456. The van der Waals surface area contributed by atoms with E-state index in [0.29, 0.717) is 12.3 Å². The molecule has 1 fully saturated rings. The van der Waals surface area contributed by atoms with Gasteiger partial charge in [0.2, 0.25) is 0 Å². The van der Waals surface area contributed by atoms with E-state index in [1.54, 1.807) is 7.11 Å². The van der Waals surface area contributed by atoms with Crippen LogP contribution >= 0.6 is 15.9 Å². The maximum atomic E-state index is 10.6. The fourth-order valence-corrected chi connectivity index (χ4v) is 3.34. The molecule has 0 amide bonds. The van der Waals surface area contributed by atoms with Gasteiger partial charge in [-0.1, -0.05) is 30.3 Å². The molecule has 1 atom stereocenters. The van der Waals surface area contributed by atoms with Gasteiger partial charge in [0.25, 0.3) is 0 Å². The van der Waals surface area contributed by atoms with E-state index in [1.807, 2.05) is 24.3 Å². The second-order valence-electron chi connectivity index (χ2n) is 5.59. The smallest absolute Gasteiger partial charge is 0.133 e. The fraction of sp³-hybridized carbons (Fsp3) is 0.333. The third-order valence-corrected chi connectivity index (χ3v) is 4.64. The normalized spacial score (nSPS) is 15.8. The topological polar surface area (TPSA) is 29.5 Å². The Labute approximate surface area is 133 Å². The first-order valence-corrected chi connectivity index (χ1v) is 8.07. The predicted octanol–water partition coefficient (Wildman–Crippen LogP) is 4.61. The van der Waals surface area contributed by atoms with Crippen molar-refractivity contribution in [2.75, 3.05) is 7.11 Å². The number of ether oxygens (including phenoxy) is 1. The zero-order valence-corrected chi connectivity index (χ0v) is 13.6. The average Bonchev–Trinajstić information content (AvgIpc) is 3.32. The lowest BCUT2D eigenvalue weighted by Gasteiger charge is -2.16. The molecule has 1 aliphatic carbocycles. The van der Waals surface area contributed by atoms with Crippen molar-refractivity contribution >= 4 is 15.9 Å². The summed E-state index contributed by atoms with van der Waals surface area (Å²) in [7, 11) is 1.65. The summed E-state index contributed by atoms with van der Waals surface area (Å²) in [4.78, 5) is 0. The molecule has 2 nitrogen and oxygen atoms in total. The number of hydrogen-bond donors (Lipinski definition) is 1. The summed E-state index contributed by atoms with van der Waals surface area (Å²) in [6.45, 7) is 0. The van der Waals surface area contributed by atoms with Gasteiger partial charge in [-0.15, -0.1) is 0 Å². The molecule has 3 heteroatoms. The molecular formula is C18H19BrO2. The summed E-state index contributed by atoms with van der Waals surface area (Å²) in [6, 6.07) is 14.2. The van der Waals surface area contributed by atoms with Gasteiger partial charge in [-0.2, -0.15) is 0 Å². The SMILES string of the molecule is COc1ccc(CC(O)c2ccccc2C2CC2)cc1Br. The lowest BCUT2D eigenvalue weighted by atomic mass is 9.95. The quantitative estimate of drug-likeness (QED) is 0.856. The van der Waals surface area contributed by atoms with Crippen molar-refractivity contribution in [2.45, 2.75) is 31.3 Å². The molecule has 0 aromatic heterocycles. The summed E-state index contributed by atoms with van der Waals surface area (Å²) in [5, 5.41) is 10.6. The minimum atomic E-state index is -0.456. The summed E-state index contributed by atoms with van der Waals surface area (Å²) in [5.74, 6) is 1.46. The molecule has 2 aromatic rings. The van der Waals surface area contributed by atoms with Crippen molar-refractivity contribution in [3.63, 3.8) is 0 Å². The molecule has 1 unspecified atom stereocenters. The number of halogens is 1. The third kappa shape index (κ3) is 3.30. The Morgan fingerprint density at radius 1 is 1.24 bits per heavy atom. The number of methoxy groups -OCH3 is 1. The number of aliphatic hydroxyl groups excluding tert-OH is 1. The van der Waals surface area contributed by atoms with E-state index in [0.717, 1.165) is 21.3 Å². The van der Waals surface area contributed by atoms with E-state index >= 15 is 0 Å². The van der Waals surface area contributed by atoms with Crippen molar-refractivity contribution in [1.29, 1.82) is 0 Å². The molecule has 21 heavy (non-hydrogen) atoms.